The molecule has 0 radical (unpaired) electrons. The quantitative estimate of drug-likeness (QED) is 0.840. The van der Waals surface area contributed by atoms with Gasteiger partial charge >= 0.3 is 0 Å². The molecule has 17 heavy (non-hydrogen) atoms. The zero-order valence-corrected chi connectivity index (χ0v) is 11.9. The highest BCUT2D eigenvalue weighted by atomic mass is 79.9. The van der Waals surface area contributed by atoms with Gasteiger partial charge in [-0.15, -0.1) is 0 Å². The second kappa shape index (κ2) is 5.40. The summed E-state index contributed by atoms with van der Waals surface area (Å²) in [6.07, 6.45) is 0. The summed E-state index contributed by atoms with van der Waals surface area (Å²) in [6, 6.07) is 12.8. The number of halogens is 3. The highest BCUT2D eigenvalue weighted by Crippen LogP contribution is 2.32. The first kappa shape index (κ1) is 12.9. The van der Waals surface area contributed by atoms with E-state index in [2.05, 4.69) is 15.9 Å². The summed E-state index contributed by atoms with van der Waals surface area (Å²) >= 11 is 15.5. The van der Waals surface area contributed by atoms with Crippen molar-refractivity contribution in [1.29, 1.82) is 0 Å². The third kappa shape index (κ3) is 2.83. The van der Waals surface area contributed by atoms with E-state index in [0.717, 1.165) is 15.6 Å². The average Bonchev–Trinajstić information content (AvgIpc) is 2.29. The smallest absolute Gasteiger partial charge is 0.0577 e. The molecule has 0 aliphatic rings. The molecule has 0 saturated carbocycles. The van der Waals surface area contributed by atoms with Crippen molar-refractivity contribution in [1.82, 2.24) is 0 Å². The van der Waals surface area contributed by atoms with Crippen LogP contribution in [0.15, 0.2) is 46.9 Å². The van der Waals surface area contributed by atoms with E-state index in [0.29, 0.717) is 10.0 Å². The van der Waals surface area contributed by atoms with E-state index in [1.165, 1.54) is 0 Å². The molecule has 0 fully saturated rings. The molecule has 2 N–H and O–H groups in total. The van der Waals surface area contributed by atoms with Crippen LogP contribution in [0.25, 0.3) is 0 Å². The molecule has 1 nitrogen and oxygen atoms in total. The van der Waals surface area contributed by atoms with E-state index in [9.17, 15) is 0 Å². The molecule has 2 aromatic rings. The van der Waals surface area contributed by atoms with Crippen LogP contribution in [0.2, 0.25) is 10.0 Å². The molecule has 2 aromatic carbocycles. The summed E-state index contributed by atoms with van der Waals surface area (Å²) in [4.78, 5) is 0. The summed E-state index contributed by atoms with van der Waals surface area (Å²) in [5, 5.41) is 1.34. The standard InChI is InChI=1S/C13H10BrCl2N/c14-11-7-8(15)5-6-9(11)13(17)10-3-1-2-4-12(10)16/h1-7,13H,17H2. The Morgan fingerprint density at radius 3 is 2.35 bits per heavy atom. The van der Waals surface area contributed by atoms with Gasteiger partial charge in [0.15, 0.2) is 0 Å². The van der Waals surface area contributed by atoms with Crippen molar-refractivity contribution in [2.75, 3.05) is 0 Å². The van der Waals surface area contributed by atoms with E-state index >= 15 is 0 Å². The minimum absolute atomic E-state index is 0.268. The molecule has 0 aromatic heterocycles. The molecule has 1 atom stereocenters. The predicted octanol–water partition coefficient (Wildman–Crippen LogP) is 4.80. The second-order valence-electron chi connectivity index (χ2n) is 3.67. The summed E-state index contributed by atoms with van der Waals surface area (Å²) in [5.41, 5.74) is 8.07. The zero-order valence-electron chi connectivity index (χ0n) is 8.83. The Bertz CT molecular complexity index is 543. The SMILES string of the molecule is NC(c1ccccc1Cl)c1ccc(Cl)cc1Br. The van der Waals surface area contributed by atoms with Gasteiger partial charge in [-0.05, 0) is 29.3 Å². The Balaban J connectivity index is 2.44. The first-order chi connectivity index (χ1) is 8.09. The molecular formula is C13H10BrCl2N. The Morgan fingerprint density at radius 2 is 1.71 bits per heavy atom. The van der Waals surface area contributed by atoms with Gasteiger partial charge in [-0.1, -0.05) is 63.4 Å². The first-order valence-corrected chi connectivity index (χ1v) is 6.59. The molecule has 0 heterocycles. The summed E-state index contributed by atoms with van der Waals surface area (Å²) in [6.45, 7) is 0. The fourth-order valence-corrected chi connectivity index (χ4v) is 2.83. The molecule has 0 bridgehead atoms. The largest absolute Gasteiger partial charge is 0.320 e. The molecule has 0 saturated heterocycles. The molecule has 0 spiro atoms. The molecule has 0 aliphatic heterocycles. The van der Waals surface area contributed by atoms with Crippen molar-refractivity contribution in [3.05, 3.63) is 68.1 Å². The Hall–Kier alpha value is -0.540. The van der Waals surface area contributed by atoms with Crippen molar-refractivity contribution >= 4 is 39.1 Å². The third-order valence-corrected chi connectivity index (χ3v) is 3.80. The van der Waals surface area contributed by atoms with Crippen LogP contribution in [-0.2, 0) is 0 Å². The predicted molar refractivity (Wildman–Crippen MR) is 76.6 cm³/mol. The monoisotopic (exact) mass is 329 g/mol. The highest BCUT2D eigenvalue weighted by molar-refractivity contribution is 9.10. The number of rotatable bonds is 2. The molecule has 2 rings (SSSR count). The number of benzene rings is 2. The number of nitrogens with two attached hydrogens (primary N) is 1. The van der Waals surface area contributed by atoms with E-state index < -0.39 is 0 Å². The van der Waals surface area contributed by atoms with Crippen LogP contribution in [0, 0.1) is 0 Å². The van der Waals surface area contributed by atoms with Gasteiger partial charge in [-0.2, -0.15) is 0 Å². The van der Waals surface area contributed by atoms with Crippen molar-refractivity contribution in [2.24, 2.45) is 5.73 Å². The van der Waals surface area contributed by atoms with Crippen molar-refractivity contribution in [2.45, 2.75) is 6.04 Å². The van der Waals surface area contributed by atoms with Gasteiger partial charge in [0.05, 0.1) is 6.04 Å². The fraction of sp³-hybridized carbons (Fsp3) is 0.0769. The topological polar surface area (TPSA) is 26.0 Å². The van der Waals surface area contributed by atoms with E-state index in [1.54, 1.807) is 0 Å². The van der Waals surface area contributed by atoms with Crippen LogP contribution >= 0.6 is 39.1 Å². The first-order valence-electron chi connectivity index (χ1n) is 5.04. The molecule has 88 valence electrons. The molecule has 0 amide bonds. The van der Waals surface area contributed by atoms with Crippen molar-refractivity contribution in [3.63, 3.8) is 0 Å². The molecular weight excluding hydrogens is 321 g/mol. The van der Waals surface area contributed by atoms with Crippen molar-refractivity contribution in [3.8, 4) is 0 Å². The van der Waals surface area contributed by atoms with Crippen LogP contribution in [-0.4, -0.2) is 0 Å². The van der Waals surface area contributed by atoms with Gasteiger partial charge in [-0.3, -0.25) is 0 Å². The minimum Gasteiger partial charge on any atom is -0.320 e. The van der Waals surface area contributed by atoms with Gasteiger partial charge in [0.2, 0.25) is 0 Å². The summed E-state index contributed by atoms with van der Waals surface area (Å²) in [5.74, 6) is 0. The van der Waals surface area contributed by atoms with Crippen LogP contribution < -0.4 is 5.73 Å². The lowest BCUT2D eigenvalue weighted by molar-refractivity contribution is 0.866. The van der Waals surface area contributed by atoms with Gasteiger partial charge in [0.1, 0.15) is 0 Å². The highest BCUT2D eigenvalue weighted by Gasteiger charge is 2.14. The summed E-state index contributed by atoms with van der Waals surface area (Å²) < 4.78 is 0.886. The lowest BCUT2D eigenvalue weighted by atomic mass is 10.00. The second-order valence-corrected chi connectivity index (χ2v) is 5.36. The Kier molecular flexibility index (Phi) is 4.10. The number of hydrogen-bond acceptors (Lipinski definition) is 1. The molecule has 1 unspecified atom stereocenters. The van der Waals surface area contributed by atoms with Crippen LogP contribution in [0.1, 0.15) is 17.2 Å². The van der Waals surface area contributed by atoms with Gasteiger partial charge in [-0.25, -0.2) is 0 Å². The van der Waals surface area contributed by atoms with Crippen LogP contribution in [0.3, 0.4) is 0 Å². The minimum atomic E-state index is -0.268. The molecule has 4 heteroatoms. The van der Waals surface area contributed by atoms with Crippen LogP contribution in [0.4, 0.5) is 0 Å². The van der Waals surface area contributed by atoms with Gasteiger partial charge in [0.25, 0.3) is 0 Å². The van der Waals surface area contributed by atoms with Gasteiger partial charge in [0, 0.05) is 14.5 Å². The molecule has 0 aliphatic carbocycles. The Morgan fingerprint density at radius 1 is 1.00 bits per heavy atom. The maximum absolute atomic E-state index is 6.21. The maximum Gasteiger partial charge on any atom is 0.0577 e. The lowest BCUT2D eigenvalue weighted by Crippen LogP contribution is -2.12. The fourth-order valence-electron chi connectivity index (χ4n) is 1.65. The number of hydrogen-bond donors (Lipinski definition) is 1. The lowest BCUT2D eigenvalue weighted by Gasteiger charge is -2.15. The van der Waals surface area contributed by atoms with Gasteiger partial charge < -0.3 is 5.73 Å². The van der Waals surface area contributed by atoms with E-state index in [4.69, 9.17) is 28.9 Å². The average molecular weight is 331 g/mol. The normalized spacial score (nSPS) is 12.5. The Labute approximate surface area is 119 Å². The van der Waals surface area contributed by atoms with Crippen molar-refractivity contribution < 1.29 is 0 Å². The third-order valence-electron chi connectivity index (χ3n) is 2.54. The zero-order chi connectivity index (χ0) is 12.4. The van der Waals surface area contributed by atoms with E-state index in [-0.39, 0.29) is 6.04 Å². The van der Waals surface area contributed by atoms with E-state index in [1.807, 2.05) is 42.5 Å². The van der Waals surface area contributed by atoms with Crippen LogP contribution in [0.5, 0.6) is 0 Å². The maximum atomic E-state index is 6.21. The summed E-state index contributed by atoms with van der Waals surface area (Å²) in [7, 11) is 0.